The van der Waals surface area contributed by atoms with Crippen molar-refractivity contribution in [2.75, 3.05) is 0 Å². The average molecular weight is 325 g/mol. The molecule has 0 amide bonds. The van der Waals surface area contributed by atoms with Crippen molar-refractivity contribution in [2.45, 2.75) is 45.6 Å². The van der Waals surface area contributed by atoms with Crippen LogP contribution in [-0.2, 0) is 25.8 Å². The van der Waals surface area contributed by atoms with E-state index in [-0.39, 0.29) is 21.1 Å². The summed E-state index contributed by atoms with van der Waals surface area (Å²) in [6, 6.07) is 0. The zero-order chi connectivity index (χ0) is 7.40. The maximum atomic E-state index is 5.46. The first-order valence-corrected chi connectivity index (χ1v) is 4.30. The molecule has 2 atom stereocenters. The van der Waals surface area contributed by atoms with Crippen LogP contribution in [0.4, 0.5) is 0 Å². The molecule has 1 saturated heterocycles. The topological polar surface area (TPSA) is 9.23 Å². The van der Waals surface area contributed by atoms with E-state index in [0.29, 0.717) is 6.10 Å². The molecule has 2 heteroatoms. The van der Waals surface area contributed by atoms with E-state index in [9.17, 15) is 0 Å². The maximum absolute atomic E-state index is 5.46. The minimum absolute atomic E-state index is 0. The Hall–Kier alpha value is 0.648. The minimum atomic E-state index is 0. The van der Waals surface area contributed by atoms with E-state index >= 15 is 0 Å². The van der Waals surface area contributed by atoms with Gasteiger partial charge in [-0.15, -0.1) is 0 Å². The molecule has 0 bridgehead atoms. The Morgan fingerprint density at radius 3 is 2.82 bits per heavy atom. The van der Waals surface area contributed by atoms with E-state index in [4.69, 9.17) is 4.74 Å². The normalized spacial score (nSPS) is 31.1. The van der Waals surface area contributed by atoms with E-state index < -0.39 is 0 Å². The quantitative estimate of drug-likeness (QED) is 0.710. The summed E-state index contributed by atoms with van der Waals surface area (Å²) in [5.41, 5.74) is 0. The number of ether oxygens (including phenoxy) is 1. The van der Waals surface area contributed by atoms with Crippen molar-refractivity contribution in [1.82, 2.24) is 0 Å². The van der Waals surface area contributed by atoms with Gasteiger partial charge in [0.2, 0.25) is 0 Å². The van der Waals surface area contributed by atoms with Crippen LogP contribution >= 0.6 is 0 Å². The Morgan fingerprint density at radius 2 is 2.27 bits per heavy atom. The second-order valence-electron chi connectivity index (χ2n) is 3.29. The SMILES string of the molecule is CCCC1CC(C)C[CH-]O1.[W]. The predicted octanol–water partition coefficient (Wildman–Crippen LogP) is 2.76. The first-order chi connectivity index (χ1) is 4.83. The van der Waals surface area contributed by atoms with Crippen LogP contribution in [0.2, 0.25) is 0 Å². The summed E-state index contributed by atoms with van der Waals surface area (Å²) in [7, 11) is 0. The van der Waals surface area contributed by atoms with E-state index in [0.717, 1.165) is 12.3 Å². The molecule has 2 unspecified atom stereocenters. The molecule has 0 aliphatic carbocycles. The van der Waals surface area contributed by atoms with Gasteiger partial charge in [0, 0.05) is 27.2 Å². The van der Waals surface area contributed by atoms with E-state index in [1.54, 1.807) is 0 Å². The molecule has 66 valence electrons. The molecular formula is C9H17OW-. The van der Waals surface area contributed by atoms with E-state index in [2.05, 4.69) is 13.8 Å². The van der Waals surface area contributed by atoms with E-state index in [1.807, 2.05) is 6.61 Å². The second kappa shape index (κ2) is 6.20. The third-order valence-corrected chi connectivity index (χ3v) is 2.06. The average Bonchev–Trinajstić information content (AvgIpc) is 1.88. The molecular weight excluding hydrogens is 308 g/mol. The molecule has 1 fully saturated rings. The van der Waals surface area contributed by atoms with Gasteiger partial charge in [-0.2, -0.15) is 6.42 Å². The van der Waals surface area contributed by atoms with Crippen molar-refractivity contribution >= 4 is 0 Å². The van der Waals surface area contributed by atoms with Crippen LogP contribution in [-0.4, -0.2) is 6.10 Å². The van der Waals surface area contributed by atoms with Crippen molar-refractivity contribution in [3.63, 3.8) is 0 Å². The van der Waals surface area contributed by atoms with Crippen LogP contribution in [0.1, 0.15) is 39.5 Å². The number of hydrogen-bond donors (Lipinski definition) is 0. The molecule has 0 spiro atoms. The van der Waals surface area contributed by atoms with Crippen molar-refractivity contribution in [3.05, 3.63) is 6.61 Å². The van der Waals surface area contributed by atoms with Gasteiger partial charge in [-0.3, -0.25) is 0 Å². The van der Waals surface area contributed by atoms with Gasteiger partial charge in [0.05, 0.1) is 0 Å². The summed E-state index contributed by atoms with van der Waals surface area (Å²) in [6.45, 7) is 6.48. The van der Waals surface area contributed by atoms with Crippen LogP contribution in [0.15, 0.2) is 0 Å². The van der Waals surface area contributed by atoms with Gasteiger partial charge in [0.1, 0.15) is 0 Å². The van der Waals surface area contributed by atoms with Crippen molar-refractivity contribution in [3.8, 4) is 0 Å². The van der Waals surface area contributed by atoms with Crippen molar-refractivity contribution < 1.29 is 25.8 Å². The van der Waals surface area contributed by atoms with Crippen LogP contribution in [0, 0.1) is 12.5 Å². The molecule has 0 aromatic heterocycles. The summed E-state index contributed by atoms with van der Waals surface area (Å²) in [5.74, 6) is 0.838. The molecule has 0 saturated carbocycles. The zero-order valence-electron chi connectivity index (χ0n) is 7.38. The maximum Gasteiger partial charge on any atom is 0.0232 e. The van der Waals surface area contributed by atoms with Crippen LogP contribution in [0.3, 0.4) is 0 Å². The van der Waals surface area contributed by atoms with Gasteiger partial charge >= 0.3 is 0 Å². The fourth-order valence-corrected chi connectivity index (χ4v) is 1.46. The zero-order valence-corrected chi connectivity index (χ0v) is 10.3. The molecule has 1 aliphatic rings. The molecule has 1 rings (SSSR count). The van der Waals surface area contributed by atoms with Gasteiger partial charge in [-0.25, -0.2) is 6.61 Å². The Labute approximate surface area is 84.2 Å². The van der Waals surface area contributed by atoms with Crippen molar-refractivity contribution in [2.24, 2.45) is 5.92 Å². The fraction of sp³-hybridized carbons (Fsp3) is 0.889. The van der Waals surface area contributed by atoms with Crippen LogP contribution in [0.5, 0.6) is 0 Å². The smallest absolute Gasteiger partial charge is 0.0232 e. The minimum Gasteiger partial charge on any atom is -0.550 e. The molecule has 11 heavy (non-hydrogen) atoms. The Bertz CT molecular complexity index is 93.6. The molecule has 0 aromatic carbocycles. The summed E-state index contributed by atoms with van der Waals surface area (Å²) >= 11 is 0. The van der Waals surface area contributed by atoms with Crippen LogP contribution in [0.25, 0.3) is 0 Å². The molecule has 0 N–H and O–H groups in total. The number of rotatable bonds is 2. The molecule has 1 heterocycles. The van der Waals surface area contributed by atoms with Gasteiger partial charge in [-0.1, -0.05) is 26.2 Å². The summed E-state index contributed by atoms with van der Waals surface area (Å²) in [5, 5.41) is 0. The van der Waals surface area contributed by atoms with Gasteiger partial charge in [0.15, 0.2) is 0 Å². The standard InChI is InChI=1S/C9H17O.W/c1-3-4-9-7-8(2)5-6-10-9;/h6,8-9H,3-5,7H2,1-2H3;/q-1;. The van der Waals surface area contributed by atoms with Crippen LogP contribution < -0.4 is 0 Å². The van der Waals surface area contributed by atoms with Gasteiger partial charge < -0.3 is 4.74 Å². The number of hydrogen-bond acceptors (Lipinski definition) is 1. The van der Waals surface area contributed by atoms with Gasteiger partial charge in [0.25, 0.3) is 0 Å². The summed E-state index contributed by atoms with van der Waals surface area (Å²) < 4.78 is 5.46. The molecule has 1 nitrogen and oxygen atoms in total. The largest absolute Gasteiger partial charge is 0.550 e. The Morgan fingerprint density at radius 1 is 1.55 bits per heavy atom. The first kappa shape index (κ1) is 11.6. The molecule has 1 aliphatic heterocycles. The third-order valence-electron chi connectivity index (χ3n) is 2.06. The van der Waals surface area contributed by atoms with E-state index in [1.165, 1.54) is 19.3 Å². The Kier molecular flexibility index (Phi) is 6.56. The first-order valence-electron chi connectivity index (χ1n) is 4.30. The Balaban J connectivity index is 0.000001000. The summed E-state index contributed by atoms with van der Waals surface area (Å²) in [4.78, 5) is 0. The molecule has 0 aromatic rings. The fourth-order valence-electron chi connectivity index (χ4n) is 1.46. The third kappa shape index (κ3) is 4.28. The second-order valence-corrected chi connectivity index (χ2v) is 3.29. The monoisotopic (exact) mass is 325 g/mol. The molecule has 0 radical (unpaired) electrons. The summed E-state index contributed by atoms with van der Waals surface area (Å²) in [6.07, 6.45) is 5.38. The van der Waals surface area contributed by atoms with Crippen molar-refractivity contribution in [1.29, 1.82) is 0 Å². The predicted molar refractivity (Wildman–Crippen MR) is 42.5 cm³/mol. The van der Waals surface area contributed by atoms with Gasteiger partial charge in [-0.05, 0) is 12.8 Å².